The average molecular weight is 539 g/mol. The molecule has 5 rings (SSSR count). The Morgan fingerprint density at radius 1 is 0.795 bits per heavy atom. The Hall–Kier alpha value is -4.69. The van der Waals surface area contributed by atoms with E-state index >= 15 is 0 Å². The molecule has 5 aromatic rings. The molecule has 0 radical (unpaired) electrons. The van der Waals surface area contributed by atoms with Crippen molar-refractivity contribution < 1.29 is 22.7 Å². The Labute approximate surface area is 226 Å². The minimum Gasteiger partial charge on any atom is -0.465 e. The number of carbonyl (C=O) groups is 2. The molecule has 0 amide bonds. The Balaban J connectivity index is 1.68. The summed E-state index contributed by atoms with van der Waals surface area (Å²) in [7, 11) is -2.78. The summed E-state index contributed by atoms with van der Waals surface area (Å²) in [5.74, 6) is -1.05. The highest BCUT2D eigenvalue weighted by Crippen LogP contribution is 2.31. The summed E-state index contributed by atoms with van der Waals surface area (Å²) in [5.41, 5.74) is 2.83. The molecule has 8 heteroatoms. The molecule has 1 aromatic heterocycles. The normalized spacial score (nSPS) is 11.3. The molecule has 4 aromatic carbocycles. The summed E-state index contributed by atoms with van der Waals surface area (Å²) in [6.45, 7) is 1.90. The van der Waals surface area contributed by atoms with E-state index in [1.807, 2.05) is 37.3 Å². The van der Waals surface area contributed by atoms with E-state index in [1.165, 1.54) is 22.2 Å². The number of anilines is 1. The molecule has 0 spiro atoms. The van der Waals surface area contributed by atoms with Gasteiger partial charge in [-0.3, -0.25) is 13.7 Å². The molecule has 0 saturated heterocycles. The second kappa shape index (κ2) is 10.6. The number of hydrogen-bond acceptors (Lipinski definition) is 5. The number of aromatic nitrogens is 1. The Morgan fingerprint density at radius 2 is 1.44 bits per heavy atom. The van der Waals surface area contributed by atoms with Gasteiger partial charge in [-0.2, -0.15) is 0 Å². The van der Waals surface area contributed by atoms with Crippen molar-refractivity contribution in [1.29, 1.82) is 0 Å². The van der Waals surface area contributed by atoms with Gasteiger partial charge in [0.05, 0.1) is 40.9 Å². The predicted molar refractivity (Wildman–Crippen MR) is 150 cm³/mol. The Kier molecular flexibility index (Phi) is 7.04. The summed E-state index contributed by atoms with van der Waals surface area (Å²) in [5, 5.41) is 0.559. The molecule has 0 aliphatic rings. The minimum atomic E-state index is -4.06. The number of benzene rings is 4. The number of methoxy groups -OCH3 is 1. The summed E-state index contributed by atoms with van der Waals surface area (Å²) in [6.07, 6.45) is 1.44. The minimum absolute atomic E-state index is 0.0151. The highest BCUT2D eigenvalue weighted by atomic mass is 32.2. The van der Waals surface area contributed by atoms with E-state index in [2.05, 4.69) is 0 Å². The number of ether oxygens (including phenoxy) is 1. The molecule has 39 heavy (non-hydrogen) atoms. The quantitative estimate of drug-likeness (QED) is 0.244. The van der Waals surface area contributed by atoms with Crippen LogP contribution in [0.3, 0.4) is 0 Å². The molecule has 0 aliphatic carbocycles. The van der Waals surface area contributed by atoms with Crippen LogP contribution < -0.4 is 4.31 Å². The van der Waals surface area contributed by atoms with E-state index in [0.29, 0.717) is 10.9 Å². The van der Waals surface area contributed by atoms with Crippen LogP contribution in [0.25, 0.3) is 10.9 Å². The van der Waals surface area contributed by atoms with Crippen LogP contribution in [0.1, 0.15) is 31.8 Å². The summed E-state index contributed by atoms with van der Waals surface area (Å²) in [6, 6.07) is 29.4. The topological polar surface area (TPSA) is 85.7 Å². The Morgan fingerprint density at radius 3 is 2.15 bits per heavy atom. The van der Waals surface area contributed by atoms with Gasteiger partial charge < -0.3 is 4.74 Å². The van der Waals surface area contributed by atoms with E-state index in [-0.39, 0.29) is 28.3 Å². The van der Waals surface area contributed by atoms with E-state index in [1.54, 1.807) is 72.8 Å². The molecule has 0 unspecified atom stereocenters. The molecule has 0 bridgehead atoms. The van der Waals surface area contributed by atoms with E-state index < -0.39 is 21.9 Å². The van der Waals surface area contributed by atoms with Crippen molar-refractivity contribution in [3.05, 3.63) is 132 Å². The molecule has 1 heterocycles. The number of rotatable bonds is 7. The highest BCUT2D eigenvalue weighted by Gasteiger charge is 2.30. The van der Waals surface area contributed by atoms with Crippen molar-refractivity contribution in [2.45, 2.75) is 18.4 Å². The van der Waals surface area contributed by atoms with Crippen molar-refractivity contribution in [3.63, 3.8) is 0 Å². The van der Waals surface area contributed by atoms with Gasteiger partial charge >= 0.3 is 5.97 Å². The molecule has 0 fully saturated rings. The molecule has 196 valence electrons. The lowest BCUT2D eigenvalue weighted by Gasteiger charge is -2.27. The van der Waals surface area contributed by atoms with Gasteiger partial charge in [-0.15, -0.1) is 0 Å². The van der Waals surface area contributed by atoms with Gasteiger partial charge in [-0.1, -0.05) is 78.4 Å². The average Bonchev–Trinajstić information content (AvgIpc) is 3.36. The van der Waals surface area contributed by atoms with Gasteiger partial charge in [0.2, 0.25) is 0 Å². The second-order valence-corrected chi connectivity index (χ2v) is 10.9. The number of carbonyl (C=O) groups excluding carboxylic acids is 2. The zero-order valence-corrected chi connectivity index (χ0v) is 22.3. The summed E-state index contributed by atoms with van der Waals surface area (Å²) >= 11 is 0. The largest absolute Gasteiger partial charge is 0.465 e. The third-order valence-electron chi connectivity index (χ3n) is 6.52. The van der Waals surface area contributed by atoms with Crippen LogP contribution in [0.5, 0.6) is 0 Å². The van der Waals surface area contributed by atoms with Gasteiger partial charge in [-0.25, -0.2) is 13.2 Å². The Bertz CT molecular complexity index is 1780. The number of sulfonamides is 1. The highest BCUT2D eigenvalue weighted by molar-refractivity contribution is 7.92. The zero-order valence-electron chi connectivity index (χ0n) is 21.4. The third-order valence-corrected chi connectivity index (χ3v) is 8.29. The number of aryl methyl sites for hydroxylation is 1. The number of para-hydroxylation sites is 2. The third kappa shape index (κ3) is 4.94. The summed E-state index contributed by atoms with van der Waals surface area (Å²) < 4.78 is 35.6. The lowest BCUT2D eigenvalue weighted by Crippen LogP contribution is -2.32. The molecular weight excluding hydrogens is 512 g/mol. The fourth-order valence-electron chi connectivity index (χ4n) is 4.51. The van der Waals surface area contributed by atoms with Gasteiger partial charge in [0.15, 0.2) is 0 Å². The maximum Gasteiger partial charge on any atom is 0.340 e. The van der Waals surface area contributed by atoms with Crippen LogP contribution in [0.2, 0.25) is 0 Å². The first kappa shape index (κ1) is 25.9. The van der Waals surface area contributed by atoms with Crippen LogP contribution in [0.15, 0.2) is 114 Å². The fraction of sp³-hybridized carbons (Fsp3) is 0.0968. The summed E-state index contributed by atoms with van der Waals surface area (Å²) in [4.78, 5) is 26.6. The smallest absolute Gasteiger partial charge is 0.340 e. The van der Waals surface area contributed by atoms with Gasteiger partial charge in [-0.05, 0) is 42.8 Å². The predicted octanol–water partition coefficient (Wildman–Crippen LogP) is 5.82. The maximum atomic E-state index is 14.1. The first-order valence-corrected chi connectivity index (χ1v) is 13.7. The number of nitrogens with zero attached hydrogens (tertiary/aromatic N) is 2. The molecule has 0 aliphatic heterocycles. The number of fused-ring (bicyclic) bond motifs is 1. The molecule has 0 atom stereocenters. The van der Waals surface area contributed by atoms with Crippen molar-refractivity contribution in [2.75, 3.05) is 11.4 Å². The standard InChI is InChI=1S/C31H26N2O5S/c1-22-16-18-24(19-17-22)39(36,37)33(20-23-10-4-3-5-11-23)29-15-9-7-13-26(29)30(34)32-21-27(31(35)38-2)25-12-6-8-14-28(25)32/h3-19,21H,20H2,1-2H3. The second-order valence-electron chi connectivity index (χ2n) is 9.05. The first-order chi connectivity index (χ1) is 18.8. The molecule has 7 nitrogen and oxygen atoms in total. The van der Waals surface area contributed by atoms with Crippen LogP contribution in [-0.4, -0.2) is 32.0 Å². The van der Waals surface area contributed by atoms with Crippen molar-refractivity contribution in [3.8, 4) is 0 Å². The molecule has 0 saturated carbocycles. The lowest BCUT2D eigenvalue weighted by molar-refractivity contribution is 0.0603. The van der Waals surface area contributed by atoms with Crippen LogP contribution in [0.4, 0.5) is 5.69 Å². The first-order valence-electron chi connectivity index (χ1n) is 12.3. The van der Waals surface area contributed by atoms with Gasteiger partial charge in [0.25, 0.3) is 15.9 Å². The van der Waals surface area contributed by atoms with E-state index in [4.69, 9.17) is 4.74 Å². The lowest BCUT2D eigenvalue weighted by atomic mass is 10.1. The van der Waals surface area contributed by atoms with E-state index in [9.17, 15) is 18.0 Å². The van der Waals surface area contributed by atoms with Gasteiger partial charge in [0.1, 0.15) is 0 Å². The number of esters is 1. The van der Waals surface area contributed by atoms with Crippen LogP contribution in [0, 0.1) is 6.92 Å². The molecular formula is C31H26N2O5S. The zero-order chi connectivity index (χ0) is 27.6. The number of hydrogen-bond donors (Lipinski definition) is 0. The van der Waals surface area contributed by atoms with Crippen LogP contribution in [-0.2, 0) is 21.3 Å². The molecule has 0 N–H and O–H groups in total. The SMILES string of the molecule is COC(=O)c1cn(C(=O)c2ccccc2N(Cc2ccccc2)S(=O)(=O)c2ccc(C)cc2)c2ccccc12. The van der Waals surface area contributed by atoms with E-state index in [0.717, 1.165) is 11.1 Å². The maximum absolute atomic E-state index is 14.1. The van der Waals surface area contributed by atoms with Crippen molar-refractivity contribution >= 4 is 38.5 Å². The fourth-order valence-corrected chi connectivity index (χ4v) is 5.98. The van der Waals surface area contributed by atoms with Crippen molar-refractivity contribution in [2.24, 2.45) is 0 Å². The van der Waals surface area contributed by atoms with Gasteiger partial charge in [0, 0.05) is 11.6 Å². The monoisotopic (exact) mass is 538 g/mol. The van der Waals surface area contributed by atoms with Crippen molar-refractivity contribution in [1.82, 2.24) is 4.57 Å². The van der Waals surface area contributed by atoms with Crippen LogP contribution >= 0.6 is 0 Å².